The van der Waals surface area contributed by atoms with Gasteiger partial charge in [-0.3, -0.25) is 9.59 Å². The van der Waals surface area contributed by atoms with E-state index in [2.05, 4.69) is 26.2 Å². The number of nitrogens with one attached hydrogen (secondary N) is 1. The highest BCUT2D eigenvalue weighted by Gasteiger charge is 2.16. The molecule has 2 heterocycles. The minimum absolute atomic E-state index is 0.178. The molecule has 7 heteroatoms. The zero-order chi connectivity index (χ0) is 19.0. The molecule has 1 N–H and O–H groups in total. The molecule has 27 heavy (non-hydrogen) atoms. The van der Waals surface area contributed by atoms with Crippen LogP contribution >= 0.6 is 15.9 Å². The molecule has 0 fully saturated rings. The summed E-state index contributed by atoms with van der Waals surface area (Å²) in [6, 6.07) is 13.9. The predicted octanol–water partition coefficient (Wildman–Crippen LogP) is 4.41. The van der Waals surface area contributed by atoms with Crippen LogP contribution in [-0.4, -0.2) is 21.2 Å². The van der Waals surface area contributed by atoms with Crippen LogP contribution in [0.2, 0.25) is 0 Å². The topological polar surface area (TPSA) is 77.1 Å². The van der Waals surface area contributed by atoms with Crippen LogP contribution in [0, 0.1) is 0 Å². The molecule has 2 aromatic carbocycles. The van der Waals surface area contributed by atoms with E-state index >= 15 is 0 Å². The van der Waals surface area contributed by atoms with Crippen LogP contribution in [0.4, 0.5) is 5.69 Å². The number of fused-ring (bicyclic) bond motifs is 1. The van der Waals surface area contributed by atoms with Crippen LogP contribution in [0.25, 0.3) is 11.0 Å². The molecule has 2 aromatic heterocycles. The lowest BCUT2D eigenvalue weighted by Crippen LogP contribution is -2.12. The number of aromatic nitrogens is 2. The lowest BCUT2D eigenvalue weighted by atomic mass is 10.1. The maximum absolute atomic E-state index is 12.4. The van der Waals surface area contributed by atoms with Gasteiger partial charge in [-0.15, -0.1) is 0 Å². The van der Waals surface area contributed by atoms with Crippen LogP contribution in [0.15, 0.2) is 69.8 Å². The number of imidazole rings is 1. The molecule has 0 aliphatic rings. The van der Waals surface area contributed by atoms with Gasteiger partial charge in [0.1, 0.15) is 5.58 Å². The fourth-order valence-corrected chi connectivity index (χ4v) is 3.21. The summed E-state index contributed by atoms with van der Waals surface area (Å²) in [7, 11) is 1.76. The van der Waals surface area contributed by atoms with Crippen molar-refractivity contribution in [3.8, 4) is 0 Å². The van der Waals surface area contributed by atoms with Crippen molar-refractivity contribution < 1.29 is 14.0 Å². The molecule has 0 saturated heterocycles. The minimum Gasteiger partial charge on any atom is -0.450 e. The highest BCUT2D eigenvalue weighted by atomic mass is 79.9. The molecule has 0 aliphatic heterocycles. The van der Waals surface area contributed by atoms with Crippen molar-refractivity contribution >= 4 is 44.3 Å². The molecular weight excluding hydrogens is 410 g/mol. The van der Waals surface area contributed by atoms with Crippen molar-refractivity contribution in [1.82, 2.24) is 9.55 Å². The highest BCUT2D eigenvalue weighted by Crippen LogP contribution is 2.27. The Hall–Kier alpha value is -3.19. The second kappa shape index (κ2) is 6.85. The first-order valence-corrected chi connectivity index (χ1v) is 8.94. The summed E-state index contributed by atoms with van der Waals surface area (Å²) in [4.78, 5) is 28.9. The second-order valence-electron chi connectivity index (χ2n) is 5.99. The first-order chi connectivity index (χ1) is 13.0. The SMILES string of the molecule is Cn1ccnc1C(=O)c1ccc(NC(=O)c2cc3cccc(Br)c3o2)cc1. The predicted molar refractivity (Wildman–Crippen MR) is 105 cm³/mol. The first kappa shape index (κ1) is 17.2. The number of benzene rings is 2. The molecule has 0 spiro atoms. The Kier molecular flexibility index (Phi) is 4.37. The summed E-state index contributed by atoms with van der Waals surface area (Å²) in [5, 5.41) is 3.61. The Morgan fingerprint density at radius 3 is 2.59 bits per heavy atom. The van der Waals surface area contributed by atoms with Gasteiger partial charge in [0.25, 0.3) is 5.91 Å². The molecule has 0 bridgehead atoms. The monoisotopic (exact) mass is 423 g/mol. The van der Waals surface area contributed by atoms with Crippen LogP contribution in [-0.2, 0) is 7.05 Å². The van der Waals surface area contributed by atoms with Crippen molar-refractivity contribution in [2.24, 2.45) is 7.05 Å². The Balaban J connectivity index is 1.52. The second-order valence-corrected chi connectivity index (χ2v) is 6.85. The molecule has 0 radical (unpaired) electrons. The molecule has 0 unspecified atom stereocenters. The van der Waals surface area contributed by atoms with E-state index in [-0.39, 0.29) is 17.5 Å². The van der Waals surface area contributed by atoms with Gasteiger partial charge in [0.05, 0.1) is 4.47 Å². The highest BCUT2D eigenvalue weighted by molar-refractivity contribution is 9.10. The average molecular weight is 424 g/mol. The molecule has 4 aromatic rings. The molecule has 0 atom stereocenters. The number of aryl methyl sites for hydroxylation is 1. The van der Waals surface area contributed by atoms with E-state index in [1.807, 2.05) is 18.2 Å². The van der Waals surface area contributed by atoms with Crippen molar-refractivity contribution in [3.63, 3.8) is 0 Å². The smallest absolute Gasteiger partial charge is 0.291 e. The molecule has 134 valence electrons. The summed E-state index contributed by atoms with van der Waals surface area (Å²) < 4.78 is 8.09. The van der Waals surface area contributed by atoms with Gasteiger partial charge in [-0.1, -0.05) is 12.1 Å². The van der Waals surface area contributed by atoms with E-state index in [1.165, 1.54) is 0 Å². The molecule has 6 nitrogen and oxygen atoms in total. The van der Waals surface area contributed by atoms with E-state index < -0.39 is 0 Å². The van der Waals surface area contributed by atoms with E-state index in [0.29, 0.717) is 22.7 Å². The maximum Gasteiger partial charge on any atom is 0.291 e. The number of hydrogen-bond acceptors (Lipinski definition) is 4. The van der Waals surface area contributed by atoms with Gasteiger partial charge in [-0.2, -0.15) is 0 Å². The Bertz CT molecular complexity index is 1160. The summed E-state index contributed by atoms with van der Waals surface area (Å²) in [6.07, 6.45) is 3.29. The van der Waals surface area contributed by atoms with Gasteiger partial charge in [0.15, 0.2) is 11.6 Å². The molecule has 4 rings (SSSR count). The van der Waals surface area contributed by atoms with Crippen LogP contribution in [0.1, 0.15) is 26.7 Å². The summed E-state index contributed by atoms with van der Waals surface area (Å²) in [5.74, 6) is 0.0356. The molecular formula is C20H14BrN3O3. The first-order valence-electron chi connectivity index (χ1n) is 8.14. The number of anilines is 1. The third-order valence-corrected chi connectivity index (χ3v) is 4.77. The lowest BCUT2D eigenvalue weighted by molar-refractivity contribution is 0.0997. The van der Waals surface area contributed by atoms with Crippen molar-refractivity contribution in [3.05, 3.63) is 82.5 Å². The molecule has 0 saturated carbocycles. The number of para-hydroxylation sites is 1. The van der Waals surface area contributed by atoms with Gasteiger partial charge >= 0.3 is 0 Å². The fraction of sp³-hybridized carbons (Fsp3) is 0.0500. The maximum atomic E-state index is 12.4. The number of carbonyl (C=O) groups is 2. The summed E-state index contributed by atoms with van der Waals surface area (Å²) in [5.41, 5.74) is 1.68. The number of nitrogens with zero attached hydrogens (tertiary/aromatic N) is 2. The number of rotatable bonds is 4. The third kappa shape index (κ3) is 3.29. The average Bonchev–Trinajstić information content (AvgIpc) is 3.29. The number of furan rings is 1. The van der Waals surface area contributed by atoms with Gasteiger partial charge in [0.2, 0.25) is 5.78 Å². The van der Waals surface area contributed by atoms with Crippen molar-refractivity contribution in [2.45, 2.75) is 0 Å². The summed E-state index contributed by atoms with van der Waals surface area (Å²) >= 11 is 3.40. The zero-order valence-corrected chi connectivity index (χ0v) is 15.9. The number of hydrogen-bond donors (Lipinski definition) is 1. The third-order valence-electron chi connectivity index (χ3n) is 4.15. The molecule has 0 aliphatic carbocycles. The van der Waals surface area contributed by atoms with Crippen molar-refractivity contribution in [1.29, 1.82) is 0 Å². The number of halogens is 1. The molecule has 1 amide bonds. The number of ketones is 1. The summed E-state index contributed by atoms with van der Waals surface area (Å²) in [6.45, 7) is 0. The normalized spacial score (nSPS) is 10.9. The quantitative estimate of drug-likeness (QED) is 0.493. The lowest BCUT2D eigenvalue weighted by Gasteiger charge is -2.05. The number of amides is 1. The Labute approximate surface area is 162 Å². The Morgan fingerprint density at radius 1 is 1.15 bits per heavy atom. The zero-order valence-electron chi connectivity index (χ0n) is 14.3. The van der Waals surface area contributed by atoms with Crippen LogP contribution in [0.3, 0.4) is 0 Å². The van der Waals surface area contributed by atoms with E-state index in [9.17, 15) is 9.59 Å². The van der Waals surface area contributed by atoms with Gasteiger partial charge in [-0.05, 0) is 52.3 Å². The minimum atomic E-state index is -0.360. The van der Waals surface area contributed by atoms with Gasteiger partial charge in [0, 0.05) is 36.1 Å². The Morgan fingerprint density at radius 2 is 1.93 bits per heavy atom. The van der Waals surface area contributed by atoms with Crippen LogP contribution < -0.4 is 5.32 Å². The van der Waals surface area contributed by atoms with E-state index in [4.69, 9.17) is 4.42 Å². The number of carbonyl (C=O) groups excluding carboxylic acids is 2. The fourth-order valence-electron chi connectivity index (χ4n) is 2.75. The standard InChI is InChI=1S/C20H14BrN3O3/c1-24-10-9-22-19(24)17(25)12-5-7-14(8-6-12)23-20(26)16-11-13-3-2-4-15(21)18(13)27-16/h2-11H,1H3,(H,23,26). The largest absolute Gasteiger partial charge is 0.450 e. The van der Waals surface area contributed by atoms with Crippen LogP contribution in [0.5, 0.6) is 0 Å². The van der Waals surface area contributed by atoms with Crippen molar-refractivity contribution in [2.75, 3.05) is 5.32 Å². The van der Waals surface area contributed by atoms with Gasteiger partial charge in [-0.25, -0.2) is 4.98 Å². The van der Waals surface area contributed by atoms with E-state index in [0.717, 1.165) is 9.86 Å². The van der Waals surface area contributed by atoms with E-state index in [1.54, 1.807) is 54.3 Å². The van der Waals surface area contributed by atoms with Gasteiger partial charge < -0.3 is 14.3 Å².